The summed E-state index contributed by atoms with van der Waals surface area (Å²) < 4.78 is 0. The maximum Gasteiger partial charge on any atom is 0.115 e. The van der Waals surface area contributed by atoms with Gasteiger partial charge in [-0.25, -0.2) is 0 Å². The minimum atomic E-state index is -0.0662. The Morgan fingerprint density at radius 1 is 0.643 bits per heavy atom. The average molecular weight is 381 g/mol. The van der Waals surface area contributed by atoms with Gasteiger partial charge in [0.25, 0.3) is 0 Å². The summed E-state index contributed by atoms with van der Waals surface area (Å²) in [6.45, 7) is 4.81. The van der Waals surface area contributed by atoms with Crippen LogP contribution in [-0.4, -0.2) is 10.2 Å². The van der Waals surface area contributed by atoms with Gasteiger partial charge in [0.1, 0.15) is 11.5 Å². The van der Waals surface area contributed by atoms with E-state index in [1.807, 2.05) is 24.3 Å². The van der Waals surface area contributed by atoms with Crippen molar-refractivity contribution in [2.75, 3.05) is 0 Å². The van der Waals surface area contributed by atoms with Gasteiger partial charge in [-0.1, -0.05) is 83.1 Å². The molecular formula is C26H36O2. The van der Waals surface area contributed by atoms with Gasteiger partial charge in [0.05, 0.1) is 0 Å². The molecule has 0 heterocycles. The lowest BCUT2D eigenvalue weighted by molar-refractivity contribution is 0.302. The molecule has 2 unspecified atom stereocenters. The average Bonchev–Trinajstić information content (AvgIpc) is 2.68. The molecule has 2 nitrogen and oxygen atoms in total. The minimum absolute atomic E-state index is 0.0662. The van der Waals surface area contributed by atoms with Gasteiger partial charge in [0.15, 0.2) is 0 Å². The summed E-state index contributed by atoms with van der Waals surface area (Å²) in [5.41, 5.74) is 2.50. The zero-order valence-corrected chi connectivity index (χ0v) is 17.5. The van der Waals surface area contributed by atoms with Crippen molar-refractivity contribution >= 4 is 0 Å². The van der Waals surface area contributed by atoms with Crippen molar-refractivity contribution in [3.05, 3.63) is 59.7 Å². The lowest BCUT2D eigenvalue weighted by Gasteiger charge is -2.38. The van der Waals surface area contributed by atoms with Crippen LogP contribution in [0.25, 0.3) is 0 Å². The lowest BCUT2D eigenvalue weighted by Crippen LogP contribution is -2.30. The Morgan fingerprint density at radius 2 is 1.14 bits per heavy atom. The highest BCUT2D eigenvalue weighted by Gasteiger charge is 2.35. The van der Waals surface area contributed by atoms with E-state index in [0.29, 0.717) is 17.4 Å². The fraction of sp³-hybridized carbons (Fsp3) is 0.538. The summed E-state index contributed by atoms with van der Waals surface area (Å²) >= 11 is 0. The SMILES string of the molecule is CC1CCCCCCC(c2ccc(O)cc2)(c2ccc(O)cc2)CC(C)CC1. The van der Waals surface area contributed by atoms with Crippen LogP contribution < -0.4 is 0 Å². The molecule has 152 valence electrons. The molecule has 2 aromatic carbocycles. The van der Waals surface area contributed by atoms with E-state index in [-0.39, 0.29) is 5.41 Å². The maximum absolute atomic E-state index is 9.85. The summed E-state index contributed by atoms with van der Waals surface area (Å²) in [5.74, 6) is 2.09. The molecule has 2 atom stereocenters. The van der Waals surface area contributed by atoms with E-state index < -0.39 is 0 Å². The quantitative estimate of drug-likeness (QED) is 0.579. The first-order chi connectivity index (χ1) is 13.5. The zero-order valence-electron chi connectivity index (χ0n) is 17.5. The third kappa shape index (κ3) is 5.10. The Balaban J connectivity index is 2.02. The van der Waals surface area contributed by atoms with E-state index >= 15 is 0 Å². The van der Waals surface area contributed by atoms with E-state index in [9.17, 15) is 10.2 Å². The molecule has 0 aliphatic heterocycles. The summed E-state index contributed by atoms with van der Waals surface area (Å²) in [7, 11) is 0. The van der Waals surface area contributed by atoms with Gasteiger partial charge in [-0.05, 0) is 60.1 Å². The van der Waals surface area contributed by atoms with Crippen LogP contribution >= 0.6 is 0 Å². The fourth-order valence-electron chi connectivity index (χ4n) is 5.04. The summed E-state index contributed by atoms with van der Waals surface area (Å²) in [5, 5.41) is 19.7. The Labute approximate surface area is 170 Å². The van der Waals surface area contributed by atoms with Gasteiger partial charge in [-0.3, -0.25) is 0 Å². The molecule has 1 fully saturated rings. The number of aromatic hydroxyl groups is 2. The predicted molar refractivity (Wildman–Crippen MR) is 117 cm³/mol. The minimum Gasteiger partial charge on any atom is -0.508 e. The van der Waals surface area contributed by atoms with Crippen molar-refractivity contribution in [2.24, 2.45) is 11.8 Å². The zero-order chi connectivity index (χ0) is 20.0. The lowest BCUT2D eigenvalue weighted by atomic mass is 9.65. The Kier molecular flexibility index (Phi) is 7.04. The van der Waals surface area contributed by atoms with Gasteiger partial charge >= 0.3 is 0 Å². The summed E-state index contributed by atoms with van der Waals surface area (Å²) in [4.78, 5) is 0. The van der Waals surface area contributed by atoms with Crippen LogP contribution in [0.15, 0.2) is 48.5 Å². The number of hydrogen-bond donors (Lipinski definition) is 2. The molecule has 1 saturated carbocycles. The van der Waals surface area contributed by atoms with Crippen LogP contribution in [0.3, 0.4) is 0 Å². The molecule has 0 aromatic heterocycles. The highest BCUT2D eigenvalue weighted by molar-refractivity contribution is 5.43. The monoisotopic (exact) mass is 380 g/mol. The third-order valence-corrected chi connectivity index (χ3v) is 6.74. The molecule has 0 bridgehead atoms. The molecule has 28 heavy (non-hydrogen) atoms. The summed E-state index contributed by atoms with van der Waals surface area (Å²) in [6, 6.07) is 15.7. The number of phenolic OH excluding ortho intramolecular Hbond substituents is 2. The van der Waals surface area contributed by atoms with Crippen molar-refractivity contribution < 1.29 is 10.2 Å². The van der Waals surface area contributed by atoms with Crippen LogP contribution in [0.2, 0.25) is 0 Å². The predicted octanol–water partition coefficient (Wildman–Crippen LogP) is 7.18. The van der Waals surface area contributed by atoms with Crippen molar-refractivity contribution in [3.8, 4) is 11.5 Å². The second-order valence-corrected chi connectivity index (χ2v) is 9.12. The molecule has 2 N–H and O–H groups in total. The Morgan fingerprint density at radius 3 is 1.71 bits per heavy atom. The van der Waals surface area contributed by atoms with Crippen LogP contribution in [-0.2, 0) is 5.41 Å². The van der Waals surface area contributed by atoms with E-state index in [1.165, 1.54) is 56.1 Å². The number of benzene rings is 2. The molecule has 0 radical (unpaired) electrons. The molecule has 0 amide bonds. The largest absolute Gasteiger partial charge is 0.508 e. The molecule has 2 heteroatoms. The van der Waals surface area contributed by atoms with E-state index in [1.54, 1.807) is 0 Å². The fourth-order valence-corrected chi connectivity index (χ4v) is 5.04. The van der Waals surface area contributed by atoms with Gasteiger partial charge < -0.3 is 10.2 Å². The third-order valence-electron chi connectivity index (χ3n) is 6.74. The molecule has 3 rings (SSSR count). The molecule has 0 spiro atoms. The Hall–Kier alpha value is -1.96. The normalized spacial score (nSPS) is 24.1. The highest BCUT2D eigenvalue weighted by Crippen LogP contribution is 2.44. The molecule has 1 aliphatic carbocycles. The topological polar surface area (TPSA) is 40.5 Å². The van der Waals surface area contributed by atoms with Gasteiger partial charge in [-0.15, -0.1) is 0 Å². The first-order valence-corrected chi connectivity index (χ1v) is 11.1. The van der Waals surface area contributed by atoms with Gasteiger partial charge in [-0.2, -0.15) is 0 Å². The second kappa shape index (κ2) is 9.49. The van der Waals surface area contributed by atoms with Crippen molar-refractivity contribution in [1.82, 2.24) is 0 Å². The second-order valence-electron chi connectivity index (χ2n) is 9.12. The van der Waals surface area contributed by atoms with Crippen LogP contribution in [0, 0.1) is 11.8 Å². The molecular weight excluding hydrogens is 344 g/mol. The van der Waals surface area contributed by atoms with E-state index in [2.05, 4.69) is 38.1 Å². The first kappa shape index (κ1) is 20.8. The van der Waals surface area contributed by atoms with Crippen molar-refractivity contribution in [3.63, 3.8) is 0 Å². The number of phenols is 2. The summed E-state index contributed by atoms with van der Waals surface area (Å²) in [6.07, 6.45) is 11.3. The van der Waals surface area contributed by atoms with Crippen LogP contribution in [0.4, 0.5) is 0 Å². The Bertz CT molecular complexity index is 672. The highest BCUT2D eigenvalue weighted by atomic mass is 16.3. The molecule has 0 saturated heterocycles. The van der Waals surface area contributed by atoms with Crippen LogP contribution in [0.5, 0.6) is 11.5 Å². The molecule has 1 aliphatic rings. The number of rotatable bonds is 2. The maximum atomic E-state index is 9.85. The van der Waals surface area contributed by atoms with Gasteiger partial charge in [0, 0.05) is 5.41 Å². The van der Waals surface area contributed by atoms with Crippen molar-refractivity contribution in [1.29, 1.82) is 0 Å². The van der Waals surface area contributed by atoms with Gasteiger partial charge in [0.2, 0.25) is 0 Å². The first-order valence-electron chi connectivity index (χ1n) is 11.1. The van der Waals surface area contributed by atoms with Crippen LogP contribution in [0.1, 0.15) is 82.8 Å². The van der Waals surface area contributed by atoms with Crippen molar-refractivity contribution in [2.45, 2.75) is 77.0 Å². The number of hydrogen-bond acceptors (Lipinski definition) is 2. The van der Waals surface area contributed by atoms with E-state index in [0.717, 1.165) is 18.8 Å². The smallest absolute Gasteiger partial charge is 0.115 e. The molecule has 2 aromatic rings. The van der Waals surface area contributed by atoms with E-state index in [4.69, 9.17) is 0 Å². The standard InChI is InChI=1S/C26H36O2/c1-20-7-5-3-4-6-18-26(19-21(2)9-8-20,22-10-14-24(27)15-11-22)23-12-16-25(28)17-13-23/h10-17,20-21,27-28H,3-9,18-19H2,1-2H3.